The van der Waals surface area contributed by atoms with Crippen LogP contribution in [0.3, 0.4) is 0 Å². The molecular weight excluding hydrogens is 402 g/mol. The fourth-order valence-electron chi connectivity index (χ4n) is 3.68. The lowest BCUT2D eigenvalue weighted by Gasteiger charge is -2.15. The average molecular weight is 424 g/mol. The Balaban J connectivity index is 1.99. The number of hydrogen-bond acceptors (Lipinski definition) is 5. The Morgan fingerprint density at radius 2 is 1.93 bits per heavy atom. The van der Waals surface area contributed by atoms with Crippen LogP contribution in [0.25, 0.3) is 11.1 Å². The van der Waals surface area contributed by atoms with Gasteiger partial charge in [0.05, 0.1) is 29.5 Å². The van der Waals surface area contributed by atoms with Crippen molar-refractivity contribution in [3.05, 3.63) is 70.1 Å². The van der Waals surface area contributed by atoms with Crippen LogP contribution in [0.4, 0.5) is 0 Å². The molecule has 2 N–H and O–H groups in total. The number of fused-ring (bicyclic) bond motifs is 3. The monoisotopic (exact) mass is 423 g/mol. The van der Waals surface area contributed by atoms with Crippen LogP contribution in [0.1, 0.15) is 48.9 Å². The number of aryl methyl sites for hydroxylation is 1. The van der Waals surface area contributed by atoms with E-state index in [1.165, 1.54) is 0 Å². The molecule has 0 saturated carbocycles. The zero-order valence-corrected chi connectivity index (χ0v) is 17.7. The molecule has 6 nitrogen and oxygen atoms in total. The lowest BCUT2D eigenvalue weighted by molar-refractivity contribution is -0.118. The molecule has 2 aromatic carbocycles. The quantitative estimate of drug-likeness (QED) is 0.634. The molecule has 154 valence electrons. The minimum absolute atomic E-state index is 0.0159. The first-order valence-electron chi connectivity index (χ1n) is 9.73. The number of amides is 1. The average Bonchev–Trinajstić information content (AvgIpc) is 3.00. The molecule has 0 bridgehead atoms. The zero-order valence-electron chi connectivity index (χ0n) is 17.0. The standard InChI is InChI=1S/C23H22ClN3O3/c1-12(2)29-16-8-9-17-18(10-16)22(14-4-6-15(24)7-5-14)26-19(11-20(25)28)23-21(17)13(3)27-30-23/h4-10,12,19H,11H2,1-3H3,(H2,25,28). The normalized spacial score (nSPS) is 15.2. The molecule has 1 atom stereocenters. The minimum Gasteiger partial charge on any atom is -0.491 e. The van der Waals surface area contributed by atoms with E-state index in [0.717, 1.165) is 33.7 Å². The van der Waals surface area contributed by atoms with Gasteiger partial charge < -0.3 is 15.0 Å². The summed E-state index contributed by atoms with van der Waals surface area (Å²) in [4.78, 5) is 16.7. The van der Waals surface area contributed by atoms with E-state index in [0.29, 0.717) is 16.5 Å². The molecule has 1 aliphatic heterocycles. The van der Waals surface area contributed by atoms with Crippen molar-refractivity contribution in [1.29, 1.82) is 0 Å². The predicted octanol–water partition coefficient (Wildman–Crippen LogP) is 4.86. The molecule has 1 unspecified atom stereocenters. The van der Waals surface area contributed by atoms with Crippen molar-refractivity contribution in [1.82, 2.24) is 5.16 Å². The fourth-order valence-corrected chi connectivity index (χ4v) is 3.80. The second-order valence-electron chi connectivity index (χ2n) is 7.55. The van der Waals surface area contributed by atoms with Gasteiger partial charge in [0, 0.05) is 16.1 Å². The van der Waals surface area contributed by atoms with Crippen molar-refractivity contribution in [2.45, 2.75) is 39.3 Å². The molecule has 0 spiro atoms. The summed E-state index contributed by atoms with van der Waals surface area (Å²) in [6.07, 6.45) is 0.0439. The van der Waals surface area contributed by atoms with Gasteiger partial charge in [-0.1, -0.05) is 28.9 Å². The third-order valence-electron chi connectivity index (χ3n) is 4.88. The van der Waals surface area contributed by atoms with Crippen molar-refractivity contribution >= 4 is 23.2 Å². The van der Waals surface area contributed by atoms with Crippen LogP contribution in [0.2, 0.25) is 5.02 Å². The van der Waals surface area contributed by atoms with Crippen molar-refractivity contribution in [3.63, 3.8) is 0 Å². The van der Waals surface area contributed by atoms with E-state index in [2.05, 4.69) is 5.16 Å². The van der Waals surface area contributed by atoms with E-state index in [1.807, 2.05) is 63.2 Å². The van der Waals surface area contributed by atoms with Crippen molar-refractivity contribution < 1.29 is 14.1 Å². The fraction of sp³-hybridized carbons (Fsp3) is 0.261. The van der Waals surface area contributed by atoms with Crippen molar-refractivity contribution in [2.24, 2.45) is 10.7 Å². The summed E-state index contributed by atoms with van der Waals surface area (Å²) in [6.45, 7) is 5.83. The number of carbonyl (C=O) groups is 1. The maximum Gasteiger partial charge on any atom is 0.220 e. The topological polar surface area (TPSA) is 90.7 Å². The van der Waals surface area contributed by atoms with Gasteiger partial charge in [0.2, 0.25) is 5.91 Å². The third-order valence-corrected chi connectivity index (χ3v) is 5.13. The number of aliphatic imine (C=N–C) groups is 1. The van der Waals surface area contributed by atoms with Gasteiger partial charge in [0.1, 0.15) is 11.8 Å². The summed E-state index contributed by atoms with van der Waals surface area (Å²) >= 11 is 6.10. The molecule has 3 aromatic rings. The first-order chi connectivity index (χ1) is 14.3. The highest BCUT2D eigenvalue weighted by atomic mass is 35.5. The van der Waals surface area contributed by atoms with E-state index in [9.17, 15) is 4.79 Å². The molecule has 1 aromatic heterocycles. The molecule has 0 radical (unpaired) electrons. The van der Waals surface area contributed by atoms with E-state index in [4.69, 9.17) is 31.6 Å². The number of benzene rings is 2. The number of hydrogen-bond donors (Lipinski definition) is 1. The molecule has 7 heteroatoms. The maximum atomic E-state index is 11.8. The Kier molecular flexibility index (Phi) is 5.35. The summed E-state index contributed by atoms with van der Waals surface area (Å²) in [5.41, 5.74) is 10.5. The zero-order chi connectivity index (χ0) is 21.4. The molecule has 1 amide bonds. The van der Waals surface area contributed by atoms with Crippen molar-refractivity contribution in [3.8, 4) is 16.9 Å². The molecular formula is C23H22ClN3O3. The number of aromatic nitrogens is 1. The van der Waals surface area contributed by atoms with Gasteiger partial charge in [0.15, 0.2) is 5.76 Å². The first kappa shape index (κ1) is 20.2. The maximum absolute atomic E-state index is 11.8. The number of carbonyl (C=O) groups excluding carboxylic acids is 1. The lowest BCUT2D eigenvalue weighted by Crippen LogP contribution is -2.15. The highest BCUT2D eigenvalue weighted by molar-refractivity contribution is 6.30. The van der Waals surface area contributed by atoms with Crippen molar-refractivity contribution in [2.75, 3.05) is 0 Å². The van der Waals surface area contributed by atoms with Crippen LogP contribution >= 0.6 is 11.6 Å². The Morgan fingerprint density at radius 3 is 2.60 bits per heavy atom. The number of rotatable bonds is 5. The SMILES string of the molecule is Cc1noc2c1-c1ccc(OC(C)C)cc1C(c1ccc(Cl)cc1)=NC2CC(N)=O. The van der Waals surface area contributed by atoms with Crippen LogP contribution in [0, 0.1) is 6.92 Å². The van der Waals surface area contributed by atoms with Gasteiger partial charge >= 0.3 is 0 Å². The number of nitrogens with two attached hydrogens (primary N) is 1. The Labute approximate surface area is 179 Å². The first-order valence-corrected chi connectivity index (χ1v) is 10.1. The number of nitrogens with zero attached hydrogens (tertiary/aromatic N) is 2. The largest absolute Gasteiger partial charge is 0.491 e. The summed E-state index contributed by atoms with van der Waals surface area (Å²) in [5, 5.41) is 4.76. The van der Waals surface area contributed by atoms with Crippen LogP contribution in [0.15, 0.2) is 52.0 Å². The number of halogens is 1. The predicted molar refractivity (Wildman–Crippen MR) is 116 cm³/mol. The molecule has 0 aliphatic carbocycles. The molecule has 1 aliphatic rings. The summed E-state index contributed by atoms with van der Waals surface area (Å²) in [6, 6.07) is 12.7. The van der Waals surface area contributed by atoms with Crippen LogP contribution < -0.4 is 10.5 Å². The van der Waals surface area contributed by atoms with Gasteiger partial charge in [-0.25, -0.2) is 0 Å². The van der Waals surface area contributed by atoms with Gasteiger partial charge in [-0.05, 0) is 56.7 Å². The molecule has 30 heavy (non-hydrogen) atoms. The lowest BCUT2D eigenvalue weighted by atomic mass is 9.92. The number of primary amides is 1. The van der Waals surface area contributed by atoms with Gasteiger partial charge in [-0.2, -0.15) is 0 Å². The number of ether oxygens (including phenoxy) is 1. The highest BCUT2D eigenvalue weighted by Crippen LogP contribution is 2.41. The molecule has 2 heterocycles. The minimum atomic E-state index is -0.578. The van der Waals surface area contributed by atoms with E-state index >= 15 is 0 Å². The Bertz CT molecular complexity index is 1130. The summed E-state index contributed by atoms with van der Waals surface area (Å²) in [5.74, 6) is 0.803. The van der Waals surface area contributed by atoms with Gasteiger partial charge in [0.25, 0.3) is 0 Å². The molecule has 0 fully saturated rings. The third kappa shape index (κ3) is 3.83. The Hall–Kier alpha value is -3.12. The second kappa shape index (κ2) is 7.95. The van der Waals surface area contributed by atoms with Crippen LogP contribution in [0.5, 0.6) is 5.75 Å². The molecule has 0 saturated heterocycles. The van der Waals surface area contributed by atoms with Crippen LogP contribution in [-0.4, -0.2) is 22.9 Å². The van der Waals surface area contributed by atoms with E-state index in [1.54, 1.807) is 0 Å². The summed E-state index contributed by atoms with van der Waals surface area (Å²) < 4.78 is 11.5. The summed E-state index contributed by atoms with van der Waals surface area (Å²) in [7, 11) is 0. The van der Waals surface area contributed by atoms with E-state index in [-0.39, 0.29) is 12.5 Å². The van der Waals surface area contributed by atoms with Gasteiger partial charge in [-0.3, -0.25) is 9.79 Å². The Morgan fingerprint density at radius 1 is 1.20 bits per heavy atom. The van der Waals surface area contributed by atoms with Gasteiger partial charge in [-0.15, -0.1) is 0 Å². The highest BCUT2D eigenvalue weighted by Gasteiger charge is 2.31. The van der Waals surface area contributed by atoms with E-state index < -0.39 is 11.9 Å². The second-order valence-corrected chi connectivity index (χ2v) is 7.99. The smallest absolute Gasteiger partial charge is 0.220 e. The van der Waals surface area contributed by atoms with Crippen LogP contribution in [-0.2, 0) is 4.79 Å². The molecule has 4 rings (SSSR count).